The number of nitrogens with zero attached hydrogens (tertiary/aromatic N) is 4. The van der Waals surface area contributed by atoms with Crippen LogP contribution in [0.1, 0.15) is 18.4 Å². The van der Waals surface area contributed by atoms with E-state index in [1.165, 1.54) is 5.56 Å². The molecular weight excluding hydrogens is 302 g/mol. The molecule has 0 atom stereocenters. The van der Waals surface area contributed by atoms with Crippen molar-refractivity contribution in [2.45, 2.75) is 25.4 Å². The van der Waals surface area contributed by atoms with Crippen LogP contribution in [0.15, 0.2) is 42.7 Å². The lowest BCUT2D eigenvalue weighted by atomic mass is 10.0. The monoisotopic (exact) mass is 325 g/mol. The van der Waals surface area contributed by atoms with E-state index >= 15 is 0 Å². The molecule has 6 nitrogen and oxygen atoms in total. The maximum atomic E-state index is 11.8. The van der Waals surface area contributed by atoms with E-state index in [0.29, 0.717) is 6.04 Å². The zero-order valence-corrected chi connectivity index (χ0v) is 13.8. The molecular formula is C18H23N5O. The summed E-state index contributed by atoms with van der Waals surface area (Å²) < 4.78 is 1.93. The number of likely N-dealkylation sites (tertiary alicyclic amines) is 1. The number of hydrogen-bond donors (Lipinski definition) is 1. The van der Waals surface area contributed by atoms with Crippen LogP contribution >= 0.6 is 0 Å². The van der Waals surface area contributed by atoms with E-state index < -0.39 is 0 Å². The summed E-state index contributed by atoms with van der Waals surface area (Å²) >= 11 is 0. The number of carbonyl (C=O) groups excluding carboxylic acids is 1. The number of rotatable bonds is 4. The number of aromatic nitrogens is 2. The van der Waals surface area contributed by atoms with Crippen LogP contribution in [0.5, 0.6) is 0 Å². The lowest BCUT2D eigenvalue weighted by Gasteiger charge is -2.35. The van der Waals surface area contributed by atoms with E-state index in [1.807, 2.05) is 34.0 Å². The minimum atomic E-state index is 0.109. The first-order chi connectivity index (χ1) is 11.8. The molecule has 0 unspecified atom stereocenters. The Labute approximate surface area is 142 Å². The Balaban J connectivity index is 1.33. The number of piperidine rings is 1. The van der Waals surface area contributed by atoms with Gasteiger partial charge in [-0.2, -0.15) is 5.10 Å². The standard InChI is InChI=1S/C18H23N5O/c24-18-19-8-11-22(18)16-6-9-21(10-7-16)13-15-12-20-23(14-15)17-4-2-1-3-5-17/h1-5,12,14,16H,6-11,13H2,(H,19,24). The van der Waals surface area contributed by atoms with Gasteiger partial charge >= 0.3 is 6.03 Å². The summed E-state index contributed by atoms with van der Waals surface area (Å²) in [6.07, 6.45) is 6.17. The molecule has 0 saturated carbocycles. The number of nitrogens with one attached hydrogen (secondary N) is 1. The second kappa shape index (κ2) is 6.65. The summed E-state index contributed by atoms with van der Waals surface area (Å²) in [6, 6.07) is 10.7. The second-order valence-electron chi connectivity index (χ2n) is 6.56. The van der Waals surface area contributed by atoms with Gasteiger partial charge in [0.15, 0.2) is 0 Å². The van der Waals surface area contributed by atoms with Crippen molar-refractivity contribution in [2.24, 2.45) is 0 Å². The van der Waals surface area contributed by atoms with Gasteiger partial charge in [0.1, 0.15) is 0 Å². The van der Waals surface area contributed by atoms with Gasteiger partial charge in [-0.25, -0.2) is 9.48 Å². The van der Waals surface area contributed by atoms with Crippen molar-refractivity contribution in [3.05, 3.63) is 48.3 Å². The van der Waals surface area contributed by atoms with Crippen LogP contribution in [0.25, 0.3) is 5.69 Å². The molecule has 2 saturated heterocycles. The molecule has 2 fully saturated rings. The lowest BCUT2D eigenvalue weighted by Crippen LogP contribution is -2.45. The summed E-state index contributed by atoms with van der Waals surface area (Å²) in [5.41, 5.74) is 2.32. The van der Waals surface area contributed by atoms with E-state index in [1.54, 1.807) is 0 Å². The normalized spacial score (nSPS) is 19.7. The van der Waals surface area contributed by atoms with Gasteiger partial charge in [0.25, 0.3) is 0 Å². The number of amides is 2. The highest BCUT2D eigenvalue weighted by Gasteiger charge is 2.30. The predicted molar refractivity (Wildman–Crippen MR) is 92.0 cm³/mol. The Morgan fingerprint density at radius 1 is 1.12 bits per heavy atom. The zero-order chi connectivity index (χ0) is 16.4. The van der Waals surface area contributed by atoms with Crippen LogP contribution in [0.2, 0.25) is 0 Å². The average Bonchev–Trinajstić information content (AvgIpc) is 3.26. The average molecular weight is 325 g/mol. The Bertz CT molecular complexity index is 690. The zero-order valence-electron chi connectivity index (χ0n) is 13.8. The molecule has 4 rings (SSSR count). The Morgan fingerprint density at radius 3 is 2.62 bits per heavy atom. The lowest BCUT2D eigenvalue weighted by molar-refractivity contribution is 0.132. The molecule has 2 aliphatic heterocycles. The van der Waals surface area contributed by atoms with E-state index in [0.717, 1.165) is 51.3 Å². The number of urea groups is 1. The van der Waals surface area contributed by atoms with Gasteiger partial charge in [-0.05, 0) is 25.0 Å². The quantitative estimate of drug-likeness (QED) is 0.933. The van der Waals surface area contributed by atoms with Crippen molar-refractivity contribution < 1.29 is 4.79 Å². The predicted octanol–water partition coefficient (Wildman–Crippen LogP) is 1.86. The van der Waals surface area contributed by atoms with Crippen molar-refractivity contribution in [1.29, 1.82) is 0 Å². The molecule has 2 aliphatic rings. The summed E-state index contributed by atoms with van der Waals surface area (Å²) in [7, 11) is 0. The first kappa shape index (κ1) is 15.2. The molecule has 24 heavy (non-hydrogen) atoms. The molecule has 1 aromatic heterocycles. The van der Waals surface area contributed by atoms with Crippen molar-refractivity contribution in [3.63, 3.8) is 0 Å². The molecule has 126 valence electrons. The summed E-state index contributed by atoms with van der Waals surface area (Å²) in [4.78, 5) is 16.2. The molecule has 3 heterocycles. The minimum Gasteiger partial charge on any atom is -0.336 e. The van der Waals surface area contributed by atoms with Gasteiger partial charge in [-0.3, -0.25) is 4.90 Å². The van der Waals surface area contributed by atoms with Gasteiger partial charge in [0.2, 0.25) is 0 Å². The van der Waals surface area contributed by atoms with Gasteiger partial charge < -0.3 is 10.2 Å². The van der Waals surface area contributed by atoms with Crippen molar-refractivity contribution >= 4 is 6.03 Å². The van der Waals surface area contributed by atoms with Gasteiger partial charge in [-0.15, -0.1) is 0 Å². The third-order valence-electron chi connectivity index (χ3n) is 4.95. The molecule has 0 bridgehead atoms. The molecule has 0 aliphatic carbocycles. The molecule has 1 aromatic carbocycles. The number of benzene rings is 1. The molecule has 2 aromatic rings. The maximum Gasteiger partial charge on any atom is 0.317 e. The minimum absolute atomic E-state index is 0.109. The summed E-state index contributed by atoms with van der Waals surface area (Å²) in [5.74, 6) is 0. The second-order valence-corrected chi connectivity index (χ2v) is 6.56. The van der Waals surface area contributed by atoms with Crippen LogP contribution in [0.4, 0.5) is 4.79 Å². The largest absolute Gasteiger partial charge is 0.336 e. The van der Waals surface area contributed by atoms with Crippen molar-refractivity contribution in [1.82, 2.24) is 24.9 Å². The highest BCUT2D eigenvalue weighted by Crippen LogP contribution is 2.20. The van der Waals surface area contributed by atoms with E-state index in [2.05, 4.69) is 33.6 Å². The SMILES string of the molecule is O=C1NCCN1C1CCN(Cc2cnn(-c3ccccc3)c2)CC1. The molecule has 2 amide bonds. The summed E-state index contributed by atoms with van der Waals surface area (Å²) in [5, 5.41) is 7.37. The highest BCUT2D eigenvalue weighted by molar-refractivity contribution is 5.76. The maximum absolute atomic E-state index is 11.8. The number of hydrogen-bond acceptors (Lipinski definition) is 3. The Hall–Kier alpha value is -2.34. The van der Waals surface area contributed by atoms with Gasteiger partial charge in [-0.1, -0.05) is 18.2 Å². The van der Waals surface area contributed by atoms with Gasteiger partial charge in [0.05, 0.1) is 11.9 Å². The fourth-order valence-electron chi connectivity index (χ4n) is 3.65. The smallest absolute Gasteiger partial charge is 0.317 e. The fraction of sp³-hybridized carbons (Fsp3) is 0.444. The number of para-hydroxylation sites is 1. The van der Waals surface area contributed by atoms with Crippen LogP contribution < -0.4 is 5.32 Å². The van der Waals surface area contributed by atoms with Crippen LogP contribution in [0.3, 0.4) is 0 Å². The first-order valence-electron chi connectivity index (χ1n) is 8.65. The van der Waals surface area contributed by atoms with E-state index in [-0.39, 0.29) is 6.03 Å². The fourth-order valence-corrected chi connectivity index (χ4v) is 3.65. The molecule has 1 N–H and O–H groups in total. The van der Waals surface area contributed by atoms with Crippen LogP contribution in [-0.2, 0) is 6.54 Å². The van der Waals surface area contributed by atoms with Crippen molar-refractivity contribution in [2.75, 3.05) is 26.2 Å². The van der Waals surface area contributed by atoms with Gasteiger partial charge in [0, 0.05) is 50.5 Å². The first-order valence-corrected chi connectivity index (χ1v) is 8.65. The molecule has 6 heteroatoms. The third-order valence-corrected chi connectivity index (χ3v) is 4.95. The third kappa shape index (κ3) is 3.14. The Kier molecular flexibility index (Phi) is 4.21. The van der Waals surface area contributed by atoms with Crippen LogP contribution in [-0.4, -0.2) is 57.8 Å². The van der Waals surface area contributed by atoms with Crippen LogP contribution in [0, 0.1) is 0 Å². The van der Waals surface area contributed by atoms with E-state index in [9.17, 15) is 4.79 Å². The number of carbonyl (C=O) groups is 1. The molecule has 0 radical (unpaired) electrons. The topological polar surface area (TPSA) is 53.4 Å². The van der Waals surface area contributed by atoms with Crippen molar-refractivity contribution in [3.8, 4) is 5.69 Å². The highest BCUT2D eigenvalue weighted by atomic mass is 16.2. The summed E-state index contributed by atoms with van der Waals surface area (Å²) in [6.45, 7) is 4.63. The van der Waals surface area contributed by atoms with E-state index in [4.69, 9.17) is 0 Å². The molecule has 0 spiro atoms. The Morgan fingerprint density at radius 2 is 1.92 bits per heavy atom.